The molecule has 1 aromatic heterocycles. The van der Waals surface area contributed by atoms with E-state index in [-0.39, 0.29) is 5.41 Å². The van der Waals surface area contributed by atoms with E-state index in [1.807, 2.05) is 6.07 Å². The summed E-state index contributed by atoms with van der Waals surface area (Å²) in [4.78, 5) is 4.26. The molecular formula is C12H17NO. The molecule has 0 N–H and O–H groups in total. The fraction of sp³-hybridized carbons (Fsp3) is 0.583. The largest absolute Gasteiger partial charge is 0.474 e. The van der Waals surface area contributed by atoms with Gasteiger partial charge in [-0.25, -0.2) is 4.98 Å². The molecular weight excluding hydrogens is 174 g/mol. The zero-order valence-corrected chi connectivity index (χ0v) is 9.08. The number of rotatable bonds is 0. The van der Waals surface area contributed by atoms with Crippen LogP contribution in [0.2, 0.25) is 0 Å². The molecule has 0 bridgehead atoms. The Morgan fingerprint density at radius 2 is 2.21 bits per heavy atom. The van der Waals surface area contributed by atoms with Crippen molar-refractivity contribution in [3.05, 3.63) is 23.9 Å². The second-order valence-corrected chi connectivity index (χ2v) is 4.98. The minimum absolute atomic E-state index is 0.204. The van der Waals surface area contributed by atoms with Gasteiger partial charge in [-0.3, -0.25) is 0 Å². The first-order valence-electron chi connectivity index (χ1n) is 5.18. The molecule has 14 heavy (non-hydrogen) atoms. The van der Waals surface area contributed by atoms with E-state index in [1.54, 1.807) is 6.20 Å². The van der Waals surface area contributed by atoms with Crippen LogP contribution >= 0.6 is 0 Å². The van der Waals surface area contributed by atoms with Gasteiger partial charge in [0.05, 0.1) is 0 Å². The number of fused-ring (bicyclic) bond motifs is 1. The summed E-state index contributed by atoms with van der Waals surface area (Å²) in [5.74, 6) is 0.832. The lowest BCUT2D eigenvalue weighted by molar-refractivity contribution is 0.0625. The molecule has 0 spiro atoms. The van der Waals surface area contributed by atoms with E-state index in [4.69, 9.17) is 4.74 Å². The number of ether oxygens (including phenoxy) is 1. The van der Waals surface area contributed by atoms with Crippen LogP contribution in [0.4, 0.5) is 0 Å². The van der Waals surface area contributed by atoms with Crippen molar-refractivity contribution >= 4 is 0 Å². The van der Waals surface area contributed by atoms with Crippen LogP contribution in [-0.4, -0.2) is 11.1 Å². The SMILES string of the molecule is CC(C)(C)C1CCc2cccnc2O1. The summed E-state index contributed by atoms with van der Waals surface area (Å²) in [5.41, 5.74) is 1.45. The Bertz CT molecular complexity index is 327. The van der Waals surface area contributed by atoms with Crippen molar-refractivity contribution in [2.24, 2.45) is 5.41 Å². The van der Waals surface area contributed by atoms with Crippen LogP contribution in [0.15, 0.2) is 18.3 Å². The number of aromatic nitrogens is 1. The van der Waals surface area contributed by atoms with Gasteiger partial charge in [0.2, 0.25) is 5.88 Å². The van der Waals surface area contributed by atoms with E-state index in [0.29, 0.717) is 6.10 Å². The van der Waals surface area contributed by atoms with Crippen LogP contribution in [0.25, 0.3) is 0 Å². The molecule has 0 saturated heterocycles. The van der Waals surface area contributed by atoms with E-state index < -0.39 is 0 Å². The van der Waals surface area contributed by atoms with Crippen LogP contribution < -0.4 is 4.74 Å². The van der Waals surface area contributed by atoms with Gasteiger partial charge in [-0.15, -0.1) is 0 Å². The summed E-state index contributed by atoms with van der Waals surface area (Å²) < 4.78 is 5.89. The third-order valence-corrected chi connectivity index (χ3v) is 2.75. The zero-order chi connectivity index (χ0) is 10.2. The smallest absolute Gasteiger partial charge is 0.216 e. The maximum absolute atomic E-state index is 5.89. The Labute approximate surface area is 85.3 Å². The minimum Gasteiger partial charge on any atom is -0.474 e. The van der Waals surface area contributed by atoms with Crippen LogP contribution in [0, 0.1) is 5.41 Å². The fourth-order valence-electron chi connectivity index (χ4n) is 1.81. The van der Waals surface area contributed by atoms with Crippen LogP contribution in [0.5, 0.6) is 5.88 Å². The highest BCUT2D eigenvalue weighted by Crippen LogP contribution is 2.33. The molecule has 1 aromatic rings. The molecule has 1 aliphatic heterocycles. The quantitative estimate of drug-likeness (QED) is 0.629. The number of pyridine rings is 1. The summed E-state index contributed by atoms with van der Waals surface area (Å²) in [6.07, 6.45) is 4.28. The fourth-order valence-corrected chi connectivity index (χ4v) is 1.81. The average Bonchev–Trinajstić information content (AvgIpc) is 2.16. The van der Waals surface area contributed by atoms with Gasteiger partial charge in [-0.05, 0) is 24.3 Å². The molecule has 2 rings (SSSR count). The van der Waals surface area contributed by atoms with E-state index >= 15 is 0 Å². The molecule has 0 radical (unpaired) electrons. The normalized spacial score (nSPS) is 21.2. The lowest BCUT2D eigenvalue weighted by Gasteiger charge is -2.34. The van der Waals surface area contributed by atoms with Crippen molar-refractivity contribution in [1.82, 2.24) is 4.98 Å². The Balaban J connectivity index is 2.22. The summed E-state index contributed by atoms with van der Waals surface area (Å²) >= 11 is 0. The number of nitrogens with zero attached hydrogens (tertiary/aromatic N) is 1. The van der Waals surface area contributed by atoms with Crippen LogP contribution in [-0.2, 0) is 6.42 Å². The third-order valence-electron chi connectivity index (χ3n) is 2.75. The molecule has 0 aliphatic carbocycles. The average molecular weight is 191 g/mol. The van der Waals surface area contributed by atoms with Gasteiger partial charge < -0.3 is 4.74 Å². The standard InChI is InChI=1S/C12H17NO/c1-12(2,3)10-7-6-9-5-4-8-13-11(9)14-10/h4-5,8,10H,6-7H2,1-3H3. The molecule has 0 aromatic carbocycles. The highest BCUT2D eigenvalue weighted by molar-refractivity contribution is 5.27. The number of hydrogen-bond donors (Lipinski definition) is 0. The first-order valence-corrected chi connectivity index (χ1v) is 5.18. The van der Waals surface area contributed by atoms with Crippen molar-refractivity contribution in [2.45, 2.75) is 39.7 Å². The van der Waals surface area contributed by atoms with E-state index in [9.17, 15) is 0 Å². The topological polar surface area (TPSA) is 22.1 Å². The predicted molar refractivity (Wildman–Crippen MR) is 56.4 cm³/mol. The van der Waals surface area contributed by atoms with Crippen molar-refractivity contribution in [3.8, 4) is 5.88 Å². The minimum atomic E-state index is 0.204. The lowest BCUT2D eigenvalue weighted by Crippen LogP contribution is -2.35. The summed E-state index contributed by atoms with van der Waals surface area (Å²) in [6.45, 7) is 6.64. The molecule has 1 aliphatic rings. The molecule has 2 heterocycles. The predicted octanol–water partition coefficient (Wildman–Crippen LogP) is 2.82. The molecule has 1 atom stereocenters. The Kier molecular flexibility index (Phi) is 2.22. The third kappa shape index (κ3) is 1.74. The molecule has 1 unspecified atom stereocenters. The van der Waals surface area contributed by atoms with Gasteiger partial charge >= 0.3 is 0 Å². The zero-order valence-electron chi connectivity index (χ0n) is 9.08. The van der Waals surface area contributed by atoms with Crippen molar-refractivity contribution in [1.29, 1.82) is 0 Å². The first kappa shape index (κ1) is 9.50. The number of hydrogen-bond acceptors (Lipinski definition) is 2. The van der Waals surface area contributed by atoms with E-state index in [0.717, 1.165) is 18.7 Å². The Morgan fingerprint density at radius 1 is 1.43 bits per heavy atom. The second-order valence-electron chi connectivity index (χ2n) is 4.98. The second kappa shape index (κ2) is 3.26. The van der Waals surface area contributed by atoms with Crippen molar-refractivity contribution in [3.63, 3.8) is 0 Å². The lowest BCUT2D eigenvalue weighted by atomic mass is 9.84. The summed E-state index contributed by atoms with van der Waals surface area (Å²) in [7, 11) is 0. The maximum atomic E-state index is 5.89. The summed E-state index contributed by atoms with van der Waals surface area (Å²) in [6, 6.07) is 4.07. The van der Waals surface area contributed by atoms with Crippen LogP contribution in [0.3, 0.4) is 0 Å². The molecule has 76 valence electrons. The molecule has 0 saturated carbocycles. The number of aryl methyl sites for hydroxylation is 1. The molecule has 2 heteroatoms. The Morgan fingerprint density at radius 3 is 2.93 bits per heavy atom. The van der Waals surface area contributed by atoms with E-state index in [2.05, 4.69) is 31.8 Å². The van der Waals surface area contributed by atoms with Crippen LogP contribution in [0.1, 0.15) is 32.8 Å². The molecule has 0 fully saturated rings. The summed E-state index contributed by atoms with van der Waals surface area (Å²) in [5, 5.41) is 0. The van der Waals surface area contributed by atoms with Gasteiger partial charge in [-0.2, -0.15) is 0 Å². The molecule has 0 amide bonds. The molecule has 2 nitrogen and oxygen atoms in total. The highest BCUT2D eigenvalue weighted by atomic mass is 16.5. The maximum Gasteiger partial charge on any atom is 0.216 e. The van der Waals surface area contributed by atoms with Gasteiger partial charge in [0.15, 0.2) is 0 Å². The van der Waals surface area contributed by atoms with Gasteiger partial charge in [-0.1, -0.05) is 26.8 Å². The highest BCUT2D eigenvalue weighted by Gasteiger charge is 2.30. The van der Waals surface area contributed by atoms with Gasteiger partial charge in [0.1, 0.15) is 6.10 Å². The van der Waals surface area contributed by atoms with Crippen molar-refractivity contribution in [2.75, 3.05) is 0 Å². The first-order chi connectivity index (χ1) is 6.57. The van der Waals surface area contributed by atoms with Gasteiger partial charge in [0.25, 0.3) is 0 Å². The Hall–Kier alpha value is -1.05. The van der Waals surface area contributed by atoms with Gasteiger partial charge in [0, 0.05) is 11.8 Å². The van der Waals surface area contributed by atoms with Crippen molar-refractivity contribution < 1.29 is 4.74 Å². The van der Waals surface area contributed by atoms with E-state index in [1.165, 1.54) is 5.56 Å². The monoisotopic (exact) mass is 191 g/mol.